The summed E-state index contributed by atoms with van der Waals surface area (Å²) in [6.45, 7) is 7.99. The number of amides is 1. The molecule has 1 N–H and O–H groups in total. The Bertz CT molecular complexity index is 649. The minimum atomic E-state index is -0.248. The van der Waals surface area contributed by atoms with E-state index in [1.54, 1.807) is 12.1 Å². The van der Waals surface area contributed by atoms with Gasteiger partial charge in [-0.05, 0) is 37.5 Å². The lowest BCUT2D eigenvalue weighted by atomic mass is 10.1. The summed E-state index contributed by atoms with van der Waals surface area (Å²) in [5.41, 5.74) is 1.73. The molecule has 118 valence electrons. The molecule has 0 spiro atoms. The maximum Gasteiger partial charge on any atom is 0.263 e. The van der Waals surface area contributed by atoms with Crippen LogP contribution in [0.1, 0.15) is 46.7 Å². The molecule has 0 saturated heterocycles. The molecule has 1 amide bonds. The van der Waals surface area contributed by atoms with Gasteiger partial charge in [-0.25, -0.2) is 9.37 Å². The van der Waals surface area contributed by atoms with Gasteiger partial charge in [-0.3, -0.25) is 4.79 Å². The summed E-state index contributed by atoms with van der Waals surface area (Å²) < 4.78 is 12.9. The highest BCUT2D eigenvalue weighted by molar-refractivity contribution is 7.13. The number of carbonyl (C=O) groups is 1. The van der Waals surface area contributed by atoms with Crippen molar-refractivity contribution in [2.75, 3.05) is 0 Å². The summed E-state index contributed by atoms with van der Waals surface area (Å²) in [6, 6.07) is 6.48. The molecule has 1 aromatic carbocycles. The predicted molar refractivity (Wildman–Crippen MR) is 87.8 cm³/mol. The highest BCUT2D eigenvalue weighted by atomic mass is 32.1. The fraction of sp³-hybridized carbons (Fsp3) is 0.412. The maximum atomic E-state index is 12.9. The van der Waals surface area contributed by atoms with E-state index < -0.39 is 0 Å². The summed E-state index contributed by atoms with van der Waals surface area (Å²) >= 11 is 1.40. The molecule has 22 heavy (non-hydrogen) atoms. The lowest BCUT2D eigenvalue weighted by molar-refractivity contribution is 0.0934. The Balaban J connectivity index is 2.10. The average molecular weight is 320 g/mol. The van der Waals surface area contributed by atoms with Gasteiger partial charge in [0.1, 0.15) is 10.7 Å². The molecular formula is C17H21FN2OS. The standard InChI is InChI=1S/C17H21FN2OS/c1-10(2)11(3)20-17(21)16-12(4)19-15(22-16)9-13-5-7-14(18)8-6-13/h5-8,10-11H,9H2,1-4H3,(H,20,21). The second kappa shape index (κ2) is 7.01. The number of nitrogens with zero attached hydrogens (tertiary/aromatic N) is 1. The molecule has 5 heteroatoms. The molecule has 1 aromatic heterocycles. The van der Waals surface area contributed by atoms with E-state index in [4.69, 9.17) is 0 Å². The quantitative estimate of drug-likeness (QED) is 0.906. The van der Waals surface area contributed by atoms with Gasteiger partial charge in [0.2, 0.25) is 0 Å². The van der Waals surface area contributed by atoms with E-state index in [0.717, 1.165) is 16.3 Å². The molecule has 1 atom stereocenters. The summed E-state index contributed by atoms with van der Waals surface area (Å²) in [5.74, 6) is 0.0687. The Morgan fingerprint density at radius 1 is 1.27 bits per heavy atom. The first-order valence-corrected chi connectivity index (χ1v) is 8.20. The Morgan fingerprint density at radius 3 is 2.50 bits per heavy atom. The number of thiazole rings is 1. The van der Waals surface area contributed by atoms with Gasteiger partial charge in [-0.2, -0.15) is 0 Å². The zero-order valence-corrected chi connectivity index (χ0v) is 14.1. The van der Waals surface area contributed by atoms with Gasteiger partial charge in [0.25, 0.3) is 5.91 Å². The van der Waals surface area contributed by atoms with Gasteiger partial charge in [-0.15, -0.1) is 11.3 Å². The second-order valence-corrected chi connectivity index (χ2v) is 6.92. The molecule has 0 aliphatic carbocycles. The van der Waals surface area contributed by atoms with Crippen molar-refractivity contribution in [2.24, 2.45) is 5.92 Å². The summed E-state index contributed by atoms with van der Waals surface area (Å²) in [6.07, 6.45) is 0.610. The zero-order valence-electron chi connectivity index (χ0n) is 13.3. The molecule has 0 fully saturated rings. The van der Waals surface area contributed by atoms with Crippen LogP contribution in [-0.2, 0) is 6.42 Å². The zero-order chi connectivity index (χ0) is 16.3. The summed E-state index contributed by atoms with van der Waals surface area (Å²) in [5, 5.41) is 3.87. The van der Waals surface area contributed by atoms with Crippen LogP contribution < -0.4 is 5.32 Å². The third-order valence-corrected chi connectivity index (χ3v) is 4.83. The van der Waals surface area contributed by atoms with Crippen LogP contribution in [0.3, 0.4) is 0 Å². The lowest BCUT2D eigenvalue weighted by Crippen LogP contribution is -2.35. The topological polar surface area (TPSA) is 42.0 Å². The molecule has 2 aromatic rings. The van der Waals surface area contributed by atoms with E-state index in [9.17, 15) is 9.18 Å². The fourth-order valence-electron chi connectivity index (χ4n) is 1.95. The van der Waals surface area contributed by atoms with Crippen LogP contribution in [-0.4, -0.2) is 16.9 Å². The Kier molecular flexibility index (Phi) is 5.29. The van der Waals surface area contributed by atoms with Gasteiger partial charge in [0, 0.05) is 12.5 Å². The first kappa shape index (κ1) is 16.6. The fourth-order valence-corrected chi connectivity index (χ4v) is 2.96. The Morgan fingerprint density at radius 2 is 1.91 bits per heavy atom. The molecule has 0 aliphatic rings. The van der Waals surface area contributed by atoms with E-state index in [-0.39, 0.29) is 17.8 Å². The van der Waals surface area contributed by atoms with Gasteiger partial charge < -0.3 is 5.32 Å². The third-order valence-electron chi connectivity index (χ3n) is 3.67. The van der Waals surface area contributed by atoms with E-state index in [2.05, 4.69) is 24.1 Å². The number of hydrogen-bond donors (Lipinski definition) is 1. The number of nitrogens with one attached hydrogen (secondary N) is 1. The molecule has 1 heterocycles. The number of aryl methyl sites for hydroxylation is 1. The van der Waals surface area contributed by atoms with E-state index in [1.807, 2.05) is 13.8 Å². The van der Waals surface area contributed by atoms with Crippen molar-refractivity contribution in [2.45, 2.75) is 40.2 Å². The van der Waals surface area contributed by atoms with Crippen LogP contribution in [0.25, 0.3) is 0 Å². The molecule has 0 saturated carbocycles. The number of hydrogen-bond acceptors (Lipinski definition) is 3. The Hall–Kier alpha value is -1.75. The highest BCUT2D eigenvalue weighted by Crippen LogP contribution is 2.21. The number of aromatic nitrogens is 1. The van der Waals surface area contributed by atoms with Crippen molar-refractivity contribution >= 4 is 17.2 Å². The monoisotopic (exact) mass is 320 g/mol. The maximum absolute atomic E-state index is 12.9. The molecule has 3 nitrogen and oxygen atoms in total. The van der Waals surface area contributed by atoms with Crippen LogP contribution in [0.4, 0.5) is 4.39 Å². The van der Waals surface area contributed by atoms with Crippen molar-refractivity contribution in [3.8, 4) is 0 Å². The second-order valence-electron chi connectivity index (χ2n) is 5.83. The minimum absolute atomic E-state index is 0.0680. The van der Waals surface area contributed by atoms with Gasteiger partial charge in [0.15, 0.2) is 0 Å². The number of rotatable bonds is 5. The molecule has 1 unspecified atom stereocenters. The van der Waals surface area contributed by atoms with Crippen molar-refractivity contribution in [1.82, 2.24) is 10.3 Å². The first-order valence-electron chi connectivity index (χ1n) is 7.38. The summed E-state index contributed by atoms with van der Waals surface area (Å²) in [4.78, 5) is 17.4. The van der Waals surface area contributed by atoms with Gasteiger partial charge >= 0.3 is 0 Å². The highest BCUT2D eigenvalue weighted by Gasteiger charge is 2.18. The van der Waals surface area contributed by atoms with E-state index in [1.165, 1.54) is 23.5 Å². The van der Waals surface area contributed by atoms with Crippen LogP contribution >= 0.6 is 11.3 Å². The molecule has 0 aliphatic heterocycles. The van der Waals surface area contributed by atoms with Crippen molar-refractivity contribution < 1.29 is 9.18 Å². The van der Waals surface area contributed by atoms with Crippen molar-refractivity contribution in [1.29, 1.82) is 0 Å². The van der Waals surface area contributed by atoms with Crippen LogP contribution in [0, 0.1) is 18.7 Å². The third kappa shape index (κ3) is 4.13. The van der Waals surface area contributed by atoms with Gasteiger partial charge in [-0.1, -0.05) is 26.0 Å². The van der Waals surface area contributed by atoms with Crippen LogP contribution in [0.5, 0.6) is 0 Å². The predicted octanol–water partition coefficient (Wildman–Crippen LogP) is 3.96. The van der Waals surface area contributed by atoms with E-state index >= 15 is 0 Å². The largest absolute Gasteiger partial charge is 0.349 e. The first-order chi connectivity index (χ1) is 10.4. The van der Waals surface area contributed by atoms with Gasteiger partial charge in [0.05, 0.1) is 10.7 Å². The molecule has 2 rings (SSSR count). The van der Waals surface area contributed by atoms with Crippen molar-refractivity contribution in [3.63, 3.8) is 0 Å². The molecular weight excluding hydrogens is 299 g/mol. The number of benzene rings is 1. The molecule has 0 bridgehead atoms. The van der Waals surface area contributed by atoms with Crippen LogP contribution in [0.15, 0.2) is 24.3 Å². The molecule has 0 radical (unpaired) electrons. The van der Waals surface area contributed by atoms with Crippen LogP contribution in [0.2, 0.25) is 0 Å². The van der Waals surface area contributed by atoms with E-state index in [0.29, 0.717) is 17.2 Å². The number of halogens is 1. The average Bonchev–Trinajstić information content (AvgIpc) is 2.82. The summed E-state index contributed by atoms with van der Waals surface area (Å²) in [7, 11) is 0. The smallest absolute Gasteiger partial charge is 0.263 e. The SMILES string of the molecule is Cc1nc(Cc2ccc(F)cc2)sc1C(=O)NC(C)C(C)C. The van der Waals surface area contributed by atoms with Crippen molar-refractivity contribution in [3.05, 3.63) is 51.2 Å². The Labute approximate surface area is 134 Å². The minimum Gasteiger partial charge on any atom is -0.349 e. The lowest BCUT2D eigenvalue weighted by Gasteiger charge is -2.16. The normalized spacial score (nSPS) is 12.5. The number of carbonyl (C=O) groups excluding carboxylic acids is 1.